The Morgan fingerprint density at radius 1 is 1.18 bits per heavy atom. The molecule has 0 aliphatic heterocycles. The Bertz CT molecular complexity index is 376. The zero-order chi connectivity index (χ0) is 12.5. The number of hydrogen-bond donors (Lipinski definition) is 1. The number of aliphatic hydroxyl groups is 1. The zero-order valence-corrected chi connectivity index (χ0v) is 11.3. The van der Waals surface area contributed by atoms with Crippen LogP contribution in [0.3, 0.4) is 0 Å². The molecule has 94 valence electrons. The maximum atomic E-state index is 10.8. The van der Waals surface area contributed by atoms with E-state index in [0.29, 0.717) is 5.92 Å². The standard InChI is InChI=1S/C16H24O/c1-12-8-13(2)10-15(9-12)11-16(17)7-5-4-6-14(16)3/h8-10,14,17H,4-7,11H2,1-3H3. The van der Waals surface area contributed by atoms with Gasteiger partial charge in [0.25, 0.3) is 0 Å². The molecule has 1 nitrogen and oxygen atoms in total. The van der Waals surface area contributed by atoms with Crippen molar-refractivity contribution in [2.24, 2.45) is 5.92 Å². The summed E-state index contributed by atoms with van der Waals surface area (Å²) in [7, 11) is 0. The van der Waals surface area contributed by atoms with E-state index in [4.69, 9.17) is 0 Å². The molecule has 1 heteroatoms. The predicted molar refractivity (Wildman–Crippen MR) is 72.2 cm³/mol. The van der Waals surface area contributed by atoms with Crippen molar-refractivity contribution in [1.29, 1.82) is 0 Å². The summed E-state index contributed by atoms with van der Waals surface area (Å²) in [5, 5.41) is 10.8. The first-order valence-corrected chi connectivity index (χ1v) is 6.79. The lowest BCUT2D eigenvalue weighted by atomic mass is 9.73. The molecule has 1 fully saturated rings. The van der Waals surface area contributed by atoms with Crippen molar-refractivity contribution in [3.8, 4) is 0 Å². The third-order valence-electron chi connectivity index (χ3n) is 4.21. The first-order chi connectivity index (χ1) is 7.99. The van der Waals surface area contributed by atoms with E-state index in [1.54, 1.807) is 0 Å². The third kappa shape index (κ3) is 2.90. The molecule has 1 saturated carbocycles. The van der Waals surface area contributed by atoms with Crippen LogP contribution in [0.2, 0.25) is 0 Å². The fourth-order valence-electron chi connectivity index (χ4n) is 3.18. The van der Waals surface area contributed by atoms with Crippen LogP contribution >= 0.6 is 0 Å². The van der Waals surface area contributed by atoms with Crippen LogP contribution in [0.5, 0.6) is 0 Å². The van der Waals surface area contributed by atoms with Crippen molar-refractivity contribution in [2.75, 3.05) is 0 Å². The van der Waals surface area contributed by atoms with E-state index in [2.05, 4.69) is 39.0 Å². The summed E-state index contributed by atoms with van der Waals surface area (Å²) in [6.45, 7) is 6.46. The van der Waals surface area contributed by atoms with Crippen LogP contribution in [0.1, 0.15) is 49.3 Å². The monoisotopic (exact) mass is 232 g/mol. The van der Waals surface area contributed by atoms with Gasteiger partial charge in [0.15, 0.2) is 0 Å². The number of hydrogen-bond acceptors (Lipinski definition) is 1. The van der Waals surface area contributed by atoms with Gasteiger partial charge in [0.05, 0.1) is 5.60 Å². The van der Waals surface area contributed by atoms with E-state index in [-0.39, 0.29) is 0 Å². The molecule has 1 aromatic carbocycles. The molecule has 1 N–H and O–H groups in total. The van der Waals surface area contributed by atoms with Gasteiger partial charge in [-0.25, -0.2) is 0 Å². The fourth-order valence-corrected chi connectivity index (χ4v) is 3.18. The molecule has 2 atom stereocenters. The van der Waals surface area contributed by atoms with Gasteiger partial charge in [-0.15, -0.1) is 0 Å². The molecule has 2 rings (SSSR count). The second kappa shape index (κ2) is 4.81. The van der Waals surface area contributed by atoms with E-state index in [1.807, 2.05) is 0 Å². The number of aryl methyl sites for hydroxylation is 2. The van der Waals surface area contributed by atoms with Gasteiger partial charge in [-0.1, -0.05) is 49.1 Å². The highest BCUT2D eigenvalue weighted by atomic mass is 16.3. The molecule has 1 aromatic rings. The average Bonchev–Trinajstić information content (AvgIpc) is 2.21. The smallest absolute Gasteiger partial charge is 0.0713 e. The van der Waals surface area contributed by atoms with E-state index in [9.17, 15) is 5.11 Å². The summed E-state index contributed by atoms with van der Waals surface area (Å²) in [5.41, 5.74) is 3.41. The van der Waals surface area contributed by atoms with E-state index in [0.717, 1.165) is 12.8 Å². The molecular weight excluding hydrogens is 208 g/mol. The lowest BCUT2D eigenvalue weighted by Gasteiger charge is -2.38. The quantitative estimate of drug-likeness (QED) is 0.822. The van der Waals surface area contributed by atoms with Crippen molar-refractivity contribution in [3.05, 3.63) is 34.9 Å². The maximum absolute atomic E-state index is 10.8. The first-order valence-electron chi connectivity index (χ1n) is 6.79. The molecule has 0 heterocycles. The zero-order valence-electron chi connectivity index (χ0n) is 11.3. The van der Waals surface area contributed by atoms with Gasteiger partial charge in [0.1, 0.15) is 0 Å². The summed E-state index contributed by atoms with van der Waals surface area (Å²) >= 11 is 0. The van der Waals surface area contributed by atoms with E-state index >= 15 is 0 Å². The van der Waals surface area contributed by atoms with Crippen LogP contribution in [0.4, 0.5) is 0 Å². The Morgan fingerprint density at radius 3 is 2.41 bits per heavy atom. The van der Waals surface area contributed by atoms with Gasteiger partial charge in [-0.3, -0.25) is 0 Å². The third-order valence-corrected chi connectivity index (χ3v) is 4.21. The number of rotatable bonds is 2. The second-order valence-corrected chi connectivity index (χ2v) is 5.92. The van der Waals surface area contributed by atoms with Gasteiger partial charge >= 0.3 is 0 Å². The van der Waals surface area contributed by atoms with E-state index in [1.165, 1.54) is 36.0 Å². The minimum Gasteiger partial charge on any atom is -0.389 e. The van der Waals surface area contributed by atoms with Gasteiger partial charge in [0.2, 0.25) is 0 Å². The van der Waals surface area contributed by atoms with Crippen molar-refractivity contribution < 1.29 is 5.11 Å². The van der Waals surface area contributed by atoms with Crippen LogP contribution in [-0.2, 0) is 6.42 Å². The molecule has 2 unspecified atom stereocenters. The summed E-state index contributed by atoms with van der Waals surface area (Å²) < 4.78 is 0. The van der Waals surface area contributed by atoms with Crippen LogP contribution < -0.4 is 0 Å². The van der Waals surface area contributed by atoms with Gasteiger partial charge in [-0.05, 0) is 38.2 Å². The summed E-state index contributed by atoms with van der Waals surface area (Å²) in [6, 6.07) is 6.62. The van der Waals surface area contributed by atoms with E-state index < -0.39 is 5.60 Å². The Hall–Kier alpha value is -0.820. The summed E-state index contributed by atoms with van der Waals surface area (Å²) in [4.78, 5) is 0. The van der Waals surface area contributed by atoms with Gasteiger partial charge < -0.3 is 5.11 Å². The maximum Gasteiger partial charge on any atom is 0.0713 e. The fraction of sp³-hybridized carbons (Fsp3) is 0.625. The topological polar surface area (TPSA) is 20.2 Å². The highest BCUT2D eigenvalue weighted by Gasteiger charge is 2.35. The van der Waals surface area contributed by atoms with Crippen LogP contribution in [0, 0.1) is 19.8 Å². The Balaban J connectivity index is 2.18. The van der Waals surface area contributed by atoms with Crippen LogP contribution in [-0.4, -0.2) is 10.7 Å². The van der Waals surface area contributed by atoms with Crippen molar-refractivity contribution in [3.63, 3.8) is 0 Å². The van der Waals surface area contributed by atoms with Crippen LogP contribution in [0.15, 0.2) is 18.2 Å². The minimum atomic E-state index is -0.474. The molecule has 0 aromatic heterocycles. The normalized spacial score (nSPS) is 29.3. The largest absolute Gasteiger partial charge is 0.389 e. The molecule has 0 amide bonds. The van der Waals surface area contributed by atoms with Crippen molar-refractivity contribution in [2.45, 2.75) is 58.5 Å². The average molecular weight is 232 g/mol. The van der Waals surface area contributed by atoms with Crippen molar-refractivity contribution >= 4 is 0 Å². The Kier molecular flexibility index (Phi) is 3.58. The second-order valence-electron chi connectivity index (χ2n) is 5.92. The molecular formula is C16H24O. The lowest BCUT2D eigenvalue weighted by Crippen LogP contribution is -2.41. The van der Waals surface area contributed by atoms with Crippen LogP contribution in [0.25, 0.3) is 0 Å². The highest BCUT2D eigenvalue weighted by molar-refractivity contribution is 5.29. The first kappa shape index (κ1) is 12.6. The molecule has 0 bridgehead atoms. The summed E-state index contributed by atoms with van der Waals surface area (Å²) in [6.07, 6.45) is 5.39. The van der Waals surface area contributed by atoms with Crippen molar-refractivity contribution in [1.82, 2.24) is 0 Å². The highest BCUT2D eigenvalue weighted by Crippen LogP contribution is 2.36. The molecule has 0 spiro atoms. The molecule has 1 aliphatic carbocycles. The molecule has 17 heavy (non-hydrogen) atoms. The molecule has 1 aliphatic rings. The van der Waals surface area contributed by atoms with Gasteiger partial charge in [0, 0.05) is 6.42 Å². The summed E-state index contributed by atoms with van der Waals surface area (Å²) in [5.74, 6) is 0.428. The number of benzene rings is 1. The SMILES string of the molecule is Cc1cc(C)cc(CC2(O)CCCCC2C)c1. The minimum absolute atomic E-state index is 0.428. The Morgan fingerprint density at radius 2 is 1.82 bits per heavy atom. The molecule has 0 saturated heterocycles. The lowest BCUT2D eigenvalue weighted by molar-refractivity contribution is -0.0405. The van der Waals surface area contributed by atoms with Gasteiger partial charge in [-0.2, -0.15) is 0 Å². The Labute approximate surface area is 105 Å². The predicted octanol–water partition coefficient (Wildman–Crippen LogP) is 3.79. The molecule has 0 radical (unpaired) electrons.